The molecule has 0 saturated carbocycles. The molecule has 0 radical (unpaired) electrons. The monoisotopic (exact) mass is 368 g/mol. The molecule has 0 atom stereocenters. The predicted octanol–water partition coefficient (Wildman–Crippen LogP) is 2.85. The Morgan fingerprint density at radius 1 is 1.21 bits per heavy atom. The molecule has 2 amide bonds. The first-order chi connectivity index (χ1) is 11.6. The SMILES string of the molecule is CCOC(=O)Nc1nnc(SCC(=O)Nc2ccc(OC)cc2)s1. The minimum Gasteiger partial charge on any atom is -0.497 e. The zero-order chi connectivity index (χ0) is 17.4. The molecule has 1 heterocycles. The van der Waals surface area contributed by atoms with Crippen molar-refractivity contribution in [2.75, 3.05) is 30.1 Å². The van der Waals surface area contributed by atoms with E-state index in [2.05, 4.69) is 20.8 Å². The van der Waals surface area contributed by atoms with Crippen LogP contribution in [0.2, 0.25) is 0 Å². The van der Waals surface area contributed by atoms with Crippen LogP contribution < -0.4 is 15.4 Å². The molecule has 0 saturated heterocycles. The largest absolute Gasteiger partial charge is 0.497 e. The van der Waals surface area contributed by atoms with Crippen molar-refractivity contribution in [1.82, 2.24) is 10.2 Å². The second-order valence-corrected chi connectivity index (χ2v) is 6.48. The van der Waals surface area contributed by atoms with Crippen LogP contribution in [0, 0.1) is 0 Å². The number of nitrogens with zero attached hydrogens (tertiary/aromatic N) is 2. The van der Waals surface area contributed by atoms with Gasteiger partial charge in [-0.3, -0.25) is 10.1 Å². The summed E-state index contributed by atoms with van der Waals surface area (Å²) in [5.74, 6) is 0.734. The van der Waals surface area contributed by atoms with E-state index in [-0.39, 0.29) is 18.3 Å². The number of carbonyl (C=O) groups excluding carboxylic acids is 2. The van der Waals surface area contributed by atoms with Gasteiger partial charge in [-0.2, -0.15) is 0 Å². The molecule has 0 bridgehead atoms. The van der Waals surface area contributed by atoms with E-state index < -0.39 is 6.09 Å². The van der Waals surface area contributed by atoms with E-state index in [0.29, 0.717) is 15.2 Å². The number of thioether (sulfide) groups is 1. The highest BCUT2D eigenvalue weighted by Crippen LogP contribution is 2.25. The quantitative estimate of drug-likeness (QED) is 0.572. The lowest BCUT2D eigenvalue weighted by Crippen LogP contribution is -2.13. The number of hydrogen-bond donors (Lipinski definition) is 2. The highest BCUT2D eigenvalue weighted by atomic mass is 32.2. The maximum absolute atomic E-state index is 11.9. The molecule has 2 aromatic rings. The maximum Gasteiger partial charge on any atom is 0.413 e. The summed E-state index contributed by atoms with van der Waals surface area (Å²) in [6, 6.07) is 7.04. The molecule has 0 unspecified atom stereocenters. The van der Waals surface area contributed by atoms with Crippen molar-refractivity contribution in [1.29, 1.82) is 0 Å². The summed E-state index contributed by atoms with van der Waals surface area (Å²) in [4.78, 5) is 23.2. The minimum atomic E-state index is -0.581. The van der Waals surface area contributed by atoms with Crippen molar-refractivity contribution in [2.24, 2.45) is 0 Å². The minimum absolute atomic E-state index is 0.166. The molecular weight excluding hydrogens is 352 g/mol. The molecule has 10 heteroatoms. The van der Waals surface area contributed by atoms with Crippen LogP contribution in [0.25, 0.3) is 0 Å². The Kier molecular flexibility index (Phi) is 6.82. The summed E-state index contributed by atoms with van der Waals surface area (Å²) < 4.78 is 10.4. The molecule has 1 aromatic carbocycles. The molecule has 8 nitrogen and oxygen atoms in total. The van der Waals surface area contributed by atoms with E-state index in [1.54, 1.807) is 38.3 Å². The van der Waals surface area contributed by atoms with Crippen LogP contribution in [0.1, 0.15) is 6.92 Å². The summed E-state index contributed by atoms with van der Waals surface area (Å²) in [6.07, 6.45) is -0.581. The zero-order valence-corrected chi connectivity index (χ0v) is 14.7. The molecule has 0 fully saturated rings. The summed E-state index contributed by atoms with van der Waals surface area (Å²) in [5.41, 5.74) is 0.684. The molecule has 2 rings (SSSR count). The average molecular weight is 368 g/mol. The number of aromatic nitrogens is 2. The van der Waals surface area contributed by atoms with Gasteiger partial charge in [-0.25, -0.2) is 4.79 Å². The first kappa shape index (κ1) is 18.0. The highest BCUT2D eigenvalue weighted by molar-refractivity contribution is 8.01. The smallest absolute Gasteiger partial charge is 0.413 e. The highest BCUT2D eigenvalue weighted by Gasteiger charge is 2.11. The number of methoxy groups -OCH3 is 1. The Hall–Kier alpha value is -2.33. The van der Waals surface area contributed by atoms with Crippen molar-refractivity contribution >= 4 is 45.9 Å². The fourth-order valence-corrected chi connectivity index (χ4v) is 3.11. The first-order valence-corrected chi connectivity index (χ1v) is 8.75. The van der Waals surface area contributed by atoms with Gasteiger partial charge >= 0.3 is 6.09 Å². The van der Waals surface area contributed by atoms with Gasteiger partial charge in [0.25, 0.3) is 0 Å². The van der Waals surface area contributed by atoms with Crippen LogP contribution in [0.3, 0.4) is 0 Å². The number of carbonyl (C=O) groups is 2. The van der Waals surface area contributed by atoms with Crippen LogP contribution in [-0.4, -0.2) is 41.7 Å². The lowest BCUT2D eigenvalue weighted by Gasteiger charge is -2.05. The molecular formula is C14H16N4O4S2. The van der Waals surface area contributed by atoms with E-state index >= 15 is 0 Å². The molecule has 0 spiro atoms. The number of amides is 2. The molecule has 24 heavy (non-hydrogen) atoms. The Balaban J connectivity index is 1.79. The van der Waals surface area contributed by atoms with Gasteiger partial charge in [-0.15, -0.1) is 10.2 Å². The van der Waals surface area contributed by atoms with Crippen molar-refractivity contribution in [2.45, 2.75) is 11.3 Å². The topological polar surface area (TPSA) is 102 Å². The molecule has 0 aliphatic heterocycles. The third-order valence-electron chi connectivity index (χ3n) is 2.59. The molecule has 2 N–H and O–H groups in total. The normalized spacial score (nSPS) is 10.1. The van der Waals surface area contributed by atoms with Crippen LogP contribution in [0.15, 0.2) is 28.6 Å². The van der Waals surface area contributed by atoms with Gasteiger partial charge in [0.2, 0.25) is 11.0 Å². The van der Waals surface area contributed by atoms with Crippen LogP contribution in [0.5, 0.6) is 5.75 Å². The molecule has 0 aliphatic carbocycles. The molecule has 0 aliphatic rings. The number of anilines is 2. The molecule has 1 aromatic heterocycles. The lowest BCUT2D eigenvalue weighted by atomic mass is 10.3. The van der Waals surface area contributed by atoms with Crippen molar-refractivity contribution in [3.8, 4) is 5.75 Å². The standard InChI is InChI=1S/C14H16N4O4S2/c1-3-22-13(20)16-12-17-18-14(24-12)23-8-11(19)15-9-4-6-10(21-2)7-5-9/h4-7H,3,8H2,1-2H3,(H,15,19)(H,16,17,20). The summed E-state index contributed by atoms with van der Waals surface area (Å²) in [5, 5.41) is 13.3. The van der Waals surface area contributed by atoms with Crippen molar-refractivity contribution in [3.05, 3.63) is 24.3 Å². The number of ether oxygens (including phenoxy) is 2. The van der Waals surface area contributed by atoms with E-state index in [0.717, 1.165) is 5.75 Å². The maximum atomic E-state index is 11.9. The number of benzene rings is 1. The number of rotatable bonds is 7. The van der Waals surface area contributed by atoms with Crippen LogP contribution in [-0.2, 0) is 9.53 Å². The Labute approximate surface area is 146 Å². The average Bonchev–Trinajstić information content (AvgIpc) is 3.01. The summed E-state index contributed by atoms with van der Waals surface area (Å²) in [6.45, 7) is 1.99. The third kappa shape index (κ3) is 5.70. The van der Waals surface area contributed by atoms with E-state index in [1.807, 2.05) is 0 Å². The Morgan fingerprint density at radius 2 is 1.96 bits per heavy atom. The predicted molar refractivity (Wildman–Crippen MR) is 92.9 cm³/mol. The van der Waals surface area contributed by atoms with Gasteiger partial charge in [0.15, 0.2) is 4.34 Å². The van der Waals surface area contributed by atoms with E-state index in [1.165, 1.54) is 23.1 Å². The van der Waals surface area contributed by atoms with Gasteiger partial charge in [0.1, 0.15) is 5.75 Å². The van der Waals surface area contributed by atoms with Gasteiger partial charge in [-0.1, -0.05) is 23.1 Å². The number of hydrogen-bond acceptors (Lipinski definition) is 8. The van der Waals surface area contributed by atoms with Gasteiger partial charge in [0.05, 0.1) is 19.5 Å². The van der Waals surface area contributed by atoms with E-state index in [4.69, 9.17) is 9.47 Å². The first-order valence-electron chi connectivity index (χ1n) is 6.94. The molecule has 128 valence electrons. The fourth-order valence-electron chi connectivity index (χ4n) is 1.57. The zero-order valence-electron chi connectivity index (χ0n) is 13.1. The van der Waals surface area contributed by atoms with Crippen LogP contribution in [0.4, 0.5) is 15.6 Å². The van der Waals surface area contributed by atoms with Gasteiger partial charge < -0.3 is 14.8 Å². The summed E-state index contributed by atoms with van der Waals surface area (Å²) in [7, 11) is 1.58. The second kappa shape index (κ2) is 9.08. The van der Waals surface area contributed by atoms with Gasteiger partial charge in [0, 0.05) is 5.69 Å². The Bertz CT molecular complexity index is 690. The van der Waals surface area contributed by atoms with Crippen molar-refractivity contribution in [3.63, 3.8) is 0 Å². The second-order valence-electron chi connectivity index (χ2n) is 4.28. The summed E-state index contributed by atoms with van der Waals surface area (Å²) >= 11 is 2.41. The third-order valence-corrected chi connectivity index (χ3v) is 4.56. The van der Waals surface area contributed by atoms with Crippen molar-refractivity contribution < 1.29 is 19.1 Å². The number of nitrogens with one attached hydrogen (secondary N) is 2. The Morgan fingerprint density at radius 3 is 2.62 bits per heavy atom. The van der Waals surface area contributed by atoms with Crippen LogP contribution >= 0.6 is 23.1 Å². The fraction of sp³-hybridized carbons (Fsp3) is 0.286. The van der Waals surface area contributed by atoms with Gasteiger partial charge in [-0.05, 0) is 31.2 Å². The lowest BCUT2D eigenvalue weighted by molar-refractivity contribution is -0.113. The van der Waals surface area contributed by atoms with E-state index in [9.17, 15) is 9.59 Å².